The Hall–Kier alpha value is -2.27. The van der Waals surface area contributed by atoms with Gasteiger partial charge >= 0.3 is 0 Å². The Kier molecular flexibility index (Phi) is 3.20. The number of benzene rings is 1. The summed E-state index contributed by atoms with van der Waals surface area (Å²) in [7, 11) is 0. The van der Waals surface area contributed by atoms with Gasteiger partial charge in [0.05, 0.1) is 11.9 Å². The second-order valence-electron chi connectivity index (χ2n) is 5.05. The van der Waals surface area contributed by atoms with Crippen LogP contribution in [0.2, 0.25) is 0 Å². The summed E-state index contributed by atoms with van der Waals surface area (Å²) in [5.74, 6) is -0.153. The molecule has 1 aromatic carbocycles. The lowest BCUT2D eigenvalue weighted by Gasteiger charge is -2.32. The molecule has 20 heavy (non-hydrogen) atoms. The third kappa shape index (κ3) is 2.28. The lowest BCUT2D eigenvalue weighted by atomic mass is 9.98. The molecule has 1 aliphatic heterocycles. The number of carbonyl (C=O) groups excluding carboxylic acids is 1. The molecule has 0 aliphatic carbocycles. The standard InChI is InChI=1S/C15H16N4O/c1-10-7-18-13(8-17-10)15(20)19-9-12(16)6-11-4-2-3-5-14(11)19/h2-5,7-8,12H,6,9,16H2,1H3. The van der Waals surface area contributed by atoms with E-state index in [2.05, 4.69) is 9.97 Å². The largest absolute Gasteiger partial charge is 0.326 e. The number of rotatable bonds is 1. The molecule has 1 aliphatic rings. The van der Waals surface area contributed by atoms with E-state index in [1.54, 1.807) is 11.1 Å². The van der Waals surface area contributed by atoms with Crippen molar-refractivity contribution in [3.63, 3.8) is 0 Å². The summed E-state index contributed by atoms with van der Waals surface area (Å²) >= 11 is 0. The van der Waals surface area contributed by atoms with Crippen LogP contribution >= 0.6 is 0 Å². The van der Waals surface area contributed by atoms with Gasteiger partial charge in [0, 0.05) is 24.5 Å². The van der Waals surface area contributed by atoms with E-state index >= 15 is 0 Å². The highest BCUT2D eigenvalue weighted by atomic mass is 16.2. The number of amides is 1. The number of nitrogens with two attached hydrogens (primary N) is 1. The van der Waals surface area contributed by atoms with Crippen molar-refractivity contribution in [2.75, 3.05) is 11.4 Å². The molecule has 5 nitrogen and oxygen atoms in total. The van der Waals surface area contributed by atoms with Crippen LogP contribution in [-0.2, 0) is 6.42 Å². The molecule has 1 unspecified atom stereocenters. The highest BCUT2D eigenvalue weighted by Gasteiger charge is 2.27. The van der Waals surface area contributed by atoms with Gasteiger partial charge in [-0.1, -0.05) is 18.2 Å². The lowest BCUT2D eigenvalue weighted by molar-refractivity contribution is 0.0978. The minimum absolute atomic E-state index is 0.0488. The number of carbonyl (C=O) groups is 1. The Labute approximate surface area is 117 Å². The van der Waals surface area contributed by atoms with Crippen molar-refractivity contribution < 1.29 is 4.79 Å². The van der Waals surface area contributed by atoms with E-state index in [9.17, 15) is 4.79 Å². The third-order valence-corrected chi connectivity index (χ3v) is 3.43. The maximum absolute atomic E-state index is 12.6. The van der Waals surface area contributed by atoms with E-state index < -0.39 is 0 Å². The van der Waals surface area contributed by atoms with E-state index in [-0.39, 0.29) is 11.9 Å². The molecule has 2 aromatic rings. The molecule has 1 amide bonds. The first-order valence-electron chi connectivity index (χ1n) is 6.59. The number of aromatic nitrogens is 2. The summed E-state index contributed by atoms with van der Waals surface area (Å²) in [6.07, 6.45) is 3.91. The van der Waals surface area contributed by atoms with Gasteiger partial charge in [0.2, 0.25) is 0 Å². The van der Waals surface area contributed by atoms with Gasteiger partial charge in [-0.3, -0.25) is 9.78 Å². The third-order valence-electron chi connectivity index (χ3n) is 3.43. The Morgan fingerprint density at radius 1 is 1.30 bits per heavy atom. The van der Waals surface area contributed by atoms with Gasteiger partial charge in [0.1, 0.15) is 5.69 Å². The molecular weight excluding hydrogens is 252 g/mol. The number of hydrogen-bond acceptors (Lipinski definition) is 4. The first kappa shape index (κ1) is 12.7. The monoisotopic (exact) mass is 268 g/mol. The van der Waals surface area contributed by atoms with Crippen molar-refractivity contribution >= 4 is 11.6 Å². The molecule has 2 heterocycles. The van der Waals surface area contributed by atoms with Crippen LogP contribution in [-0.4, -0.2) is 28.5 Å². The second-order valence-corrected chi connectivity index (χ2v) is 5.05. The smallest absolute Gasteiger partial charge is 0.278 e. The van der Waals surface area contributed by atoms with E-state index in [0.717, 1.165) is 23.4 Å². The van der Waals surface area contributed by atoms with Crippen molar-refractivity contribution in [1.29, 1.82) is 0 Å². The van der Waals surface area contributed by atoms with Gasteiger partial charge in [0.25, 0.3) is 5.91 Å². The van der Waals surface area contributed by atoms with Crippen LogP contribution < -0.4 is 10.6 Å². The fourth-order valence-electron chi connectivity index (χ4n) is 2.46. The summed E-state index contributed by atoms with van der Waals surface area (Å²) in [5.41, 5.74) is 9.20. The van der Waals surface area contributed by atoms with E-state index in [0.29, 0.717) is 12.2 Å². The predicted molar refractivity (Wildman–Crippen MR) is 76.6 cm³/mol. The SMILES string of the molecule is Cc1cnc(C(=O)N2CC(N)Cc3ccccc32)cn1. The van der Waals surface area contributed by atoms with Gasteiger partial charge in [0.15, 0.2) is 0 Å². The number of fused-ring (bicyclic) bond motifs is 1. The maximum atomic E-state index is 12.6. The molecule has 2 N–H and O–H groups in total. The van der Waals surface area contributed by atoms with Crippen LogP contribution in [0.1, 0.15) is 21.7 Å². The van der Waals surface area contributed by atoms with Crippen LogP contribution in [0, 0.1) is 6.92 Å². The second kappa shape index (κ2) is 5.02. The molecule has 0 radical (unpaired) electrons. The first-order valence-corrected chi connectivity index (χ1v) is 6.59. The van der Waals surface area contributed by atoms with E-state index in [4.69, 9.17) is 5.73 Å². The van der Waals surface area contributed by atoms with Crippen molar-refractivity contribution in [2.45, 2.75) is 19.4 Å². The summed E-state index contributed by atoms with van der Waals surface area (Å²) in [6.45, 7) is 2.35. The van der Waals surface area contributed by atoms with E-state index in [1.807, 2.05) is 31.2 Å². The first-order chi connectivity index (χ1) is 9.65. The zero-order chi connectivity index (χ0) is 14.1. The lowest BCUT2D eigenvalue weighted by Crippen LogP contribution is -2.46. The van der Waals surface area contributed by atoms with Crippen LogP contribution in [0.15, 0.2) is 36.7 Å². The molecule has 0 fully saturated rings. The predicted octanol–water partition coefficient (Wildman–Crippen LogP) is 1.32. The van der Waals surface area contributed by atoms with Crippen molar-refractivity contribution in [1.82, 2.24) is 9.97 Å². The van der Waals surface area contributed by atoms with Crippen LogP contribution in [0.3, 0.4) is 0 Å². The van der Waals surface area contributed by atoms with Crippen LogP contribution in [0.4, 0.5) is 5.69 Å². The summed E-state index contributed by atoms with van der Waals surface area (Å²) in [6, 6.07) is 7.80. The summed E-state index contributed by atoms with van der Waals surface area (Å²) < 4.78 is 0. The zero-order valence-corrected chi connectivity index (χ0v) is 11.3. The Bertz CT molecular complexity index is 639. The minimum Gasteiger partial charge on any atom is -0.326 e. The van der Waals surface area contributed by atoms with Crippen molar-refractivity contribution in [3.05, 3.63) is 53.6 Å². The number of para-hydroxylation sites is 1. The Morgan fingerprint density at radius 2 is 2.10 bits per heavy atom. The van der Waals surface area contributed by atoms with Gasteiger partial charge in [-0.25, -0.2) is 4.98 Å². The average molecular weight is 268 g/mol. The van der Waals surface area contributed by atoms with E-state index in [1.165, 1.54) is 6.20 Å². The number of anilines is 1. The molecule has 5 heteroatoms. The van der Waals surface area contributed by atoms with Gasteiger partial charge < -0.3 is 10.6 Å². The number of hydrogen-bond donors (Lipinski definition) is 1. The molecule has 3 rings (SSSR count). The molecule has 102 valence electrons. The normalized spacial score (nSPS) is 17.7. The molecule has 0 saturated carbocycles. The molecule has 0 bridgehead atoms. The molecular formula is C15H16N4O. The Morgan fingerprint density at radius 3 is 2.85 bits per heavy atom. The highest BCUT2D eigenvalue weighted by Crippen LogP contribution is 2.27. The van der Waals surface area contributed by atoms with Crippen LogP contribution in [0.25, 0.3) is 0 Å². The molecule has 0 saturated heterocycles. The highest BCUT2D eigenvalue weighted by molar-refractivity contribution is 6.05. The van der Waals surface area contributed by atoms with Crippen molar-refractivity contribution in [3.8, 4) is 0 Å². The molecule has 1 atom stereocenters. The molecule has 1 aromatic heterocycles. The quantitative estimate of drug-likeness (QED) is 0.846. The maximum Gasteiger partial charge on any atom is 0.278 e. The average Bonchev–Trinajstić information content (AvgIpc) is 2.46. The fraction of sp³-hybridized carbons (Fsp3) is 0.267. The Balaban J connectivity index is 1.97. The summed E-state index contributed by atoms with van der Waals surface area (Å²) in [5, 5.41) is 0. The van der Waals surface area contributed by atoms with Gasteiger partial charge in [-0.15, -0.1) is 0 Å². The number of aryl methyl sites for hydroxylation is 1. The fourth-order valence-corrected chi connectivity index (χ4v) is 2.46. The summed E-state index contributed by atoms with van der Waals surface area (Å²) in [4.78, 5) is 22.6. The van der Waals surface area contributed by atoms with Gasteiger partial charge in [-0.05, 0) is 25.0 Å². The van der Waals surface area contributed by atoms with Crippen LogP contribution in [0.5, 0.6) is 0 Å². The minimum atomic E-state index is -0.153. The van der Waals surface area contributed by atoms with Crippen molar-refractivity contribution in [2.24, 2.45) is 5.73 Å². The number of nitrogens with zero attached hydrogens (tertiary/aromatic N) is 3. The topological polar surface area (TPSA) is 72.1 Å². The zero-order valence-electron chi connectivity index (χ0n) is 11.3. The van der Waals surface area contributed by atoms with Gasteiger partial charge in [-0.2, -0.15) is 0 Å². The molecule has 0 spiro atoms.